The van der Waals surface area contributed by atoms with Crippen molar-refractivity contribution >= 4 is 0 Å². The van der Waals surface area contributed by atoms with E-state index in [1.165, 1.54) is 12.0 Å². The Hall–Kier alpha value is -0.900. The molecular weight excluding hydrogens is 250 g/mol. The first-order chi connectivity index (χ1) is 9.66. The number of nitrogens with zero attached hydrogens (tertiary/aromatic N) is 1. The Balaban J connectivity index is 1.65. The van der Waals surface area contributed by atoms with Crippen molar-refractivity contribution < 1.29 is 10.2 Å². The molecule has 2 N–H and O–H groups in total. The molecule has 0 aromatic heterocycles. The van der Waals surface area contributed by atoms with Crippen LogP contribution in [0.5, 0.6) is 0 Å². The molecule has 3 nitrogen and oxygen atoms in total. The Morgan fingerprint density at radius 3 is 2.65 bits per heavy atom. The van der Waals surface area contributed by atoms with E-state index in [1.54, 1.807) is 0 Å². The van der Waals surface area contributed by atoms with E-state index in [0.29, 0.717) is 5.92 Å². The molecule has 4 atom stereocenters. The van der Waals surface area contributed by atoms with Gasteiger partial charge in [0.1, 0.15) is 0 Å². The van der Waals surface area contributed by atoms with Crippen molar-refractivity contribution in [1.29, 1.82) is 0 Å². The maximum Gasteiger partial charge on any atom is 0.0950 e. The van der Waals surface area contributed by atoms with Crippen LogP contribution in [0.3, 0.4) is 0 Å². The summed E-state index contributed by atoms with van der Waals surface area (Å²) in [4.78, 5) is 2.25. The molecule has 1 aromatic carbocycles. The standard InChI is InChI=1S/C17H25NO2/c1-18(11-13-7-3-5-9-16(13)19)15-10-12-6-2-4-8-14(12)17(15)20/h2,4,6,8,13,15-17,19-20H,3,5,7,9-11H2,1H3. The SMILES string of the molecule is CN(CC1CCCCC1O)C1Cc2ccccc2C1O. The second-order valence-corrected chi connectivity index (χ2v) is 6.47. The van der Waals surface area contributed by atoms with Crippen LogP contribution in [0.15, 0.2) is 24.3 Å². The third-order valence-electron chi connectivity index (χ3n) is 5.12. The Morgan fingerprint density at radius 1 is 1.15 bits per heavy atom. The lowest BCUT2D eigenvalue weighted by Gasteiger charge is -2.35. The molecule has 0 spiro atoms. The van der Waals surface area contributed by atoms with Crippen LogP contribution >= 0.6 is 0 Å². The first kappa shape index (κ1) is 14.1. The number of likely N-dealkylation sites (N-methyl/N-ethyl adjacent to an activating group) is 1. The maximum atomic E-state index is 10.5. The Morgan fingerprint density at radius 2 is 1.90 bits per heavy atom. The Kier molecular flexibility index (Phi) is 4.11. The molecule has 2 aliphatic rings. The minimum Gasteiger partial charge on any atom is -0.393 e. The number of benzene rings is 1. The number of aliphatic hydroxyl groups excluding tert-OH is 2. The third-order valence-corrected chi connectivity index (χ3v) is 5.12. The molecule has 20 heavy (non-hydrogen) atoms. The molecule has 1 saturated carbocycles. The molecule has 0 aliphatic heterocycles. The van der Waals surface area contributed by atoms with Crippen LogP contribution in [0, 0.1) is 5.92 Å². The molecule has 0 amide bonds. The van der Waals surface area contributed by atoms with Crippen molar-refractivity contribution in [2.24, 2.45) is 5.92 Å². The fourth-order valence-electron chi connectivity index (χ4n) is 3.86. The van der Waals surface area contributed by atoms with Gasteiger partial charge in [-0.3, -0.25) is 4.90 Å². The van der Waals surface area contributed by atoms with Crippen molar-refractivity contribution in [3.63, 3.8) is 0 Å². The molecule has 0 saturated heterocycles. The zero-order valence-electron chi connectivity index (χ0n) is 12.2. The summed E-state index contributed by atoms with van der Waals surface area (Å²) in [5.41, 5.74) is 2.34. The van der Waals surface area contributed by atoms with Gasteiger partial charge in [0.05, 0.1) is 12.2 Å². The second kappa shape index (κ2) is 5.84. The van der Waals surface area contributed by atoms with Gasteiger partial charge in [0.2, 0.25) is 0 Å². The van der Waals surface area contributed by atoms with E-state index in [-0.39, 0.29) is 12.1 Å². The highest BCUT2D eigenvalue weighted by Crippen LogP contribution is 2.35. The summed E-state index contributed by atoms with van der Waals surface area (Å²) in [7, 11) is 2.08. The van der Waals surface area contributed by atoms with E-state index in [2.05, 4.69) is 18.0 Å². The molecule has 4 unspecified atom stereocenters. The molecular formula is C17H25NO2. The molecule has 0 radical (unpaired) electrons. The largest absolute Gasteiger partial charge is 0.393 e. The highest BCUT2D eigenvalue weighted by Gasteiger charge is 2.35. The van der Waals surface area contributed by atoms with E-state index in [0.717, 1.165) is 37.8 Å². The van der Waals surface area contributed by atoms with Crippen LogP contribution in [0.4, 0.5) is 0 Å². The number of fused-ring (bicyclic) bond motifs is 1. The minimum absolute atomic E-state index is 0.154. The molecule has 1 fully saturated rings. The molecule has 0 heterocycles. The number of aliphatic hydroxyl groups is 2. The van der Waals surface area contributed by atoms with Crippen LogP contribution in [-0.4, -0.2) is 40.9 Å². The summed E-state index contributed by atoms with van der Waals surface area (Å²) in [6.07, 6.45) is 4.79. The topological polar surface area (TPSA) is 43.7 Å². The maximum absolute atomic E-state index is 10.5. The first-order valence-corrected chi connectivity index (χ1v) is 7.81. The van der Waals surface area contributed by atoms with Gasteiger partial charge in [-0.1, -0.05) is 37.1 Å². The van der Waals surface area contributed by atoms with Gasteiger partial charge < -0.3 is 10.2 Å². The van der Waals surface area contributed by atoms with E-state index >= 15 is 0 Å². The zero-order chi connectivity index (χ0) is 14.1. The molecule has 110 valence electrons. The average Bonchev–Trinajstić information content (AvgIpc) is 2.79. The molecule has 0 bridgehead atoms. The third kappa shape index (κ3) is 2.62. The summed E-state index contributed by atoms with van der Waals surface area (Å²) in [5.74, 6) is 0.365. The Bertz CT molecular complexity index is 462. The van der Waals surface area contributed by atoms with Crippen LogP contribution in [0.1, 0.15) is 42.9 Å². The summed E-state index contributed by atoms with van der Waals surface area (Å²) in [6.45, 7) is 0.886. The van der Waals surface area contributed by atoms with Gasteiger partial charge >= 0.3 is 0 Å². The van der Waals surface area contributed by atoms with Crippen LogP contribution in [0.2, 0.25) is 0 Å². The lowest BCUT2D eigenvalue weighted by atomic mass is 9.86. The van der Waals surface area contributed by atoms with E-state index in [1.807, 2.05) is 18.2 Å². The molecule has 3 rings (SSSR count). The van der Waals surface area contributed by atoms with Gasteiger partial charge in [-0.05, 0) is 43.4 Å². The summed E-state index contributed by atoms with van der Waals surface area (Å²) < 4.78 is 0. The minimum atomic E-state index is -0.392. The predicted molar refractivity (Wildman–Crippen MR) is 79.5 cm³/mol. The van der Waals surface area contributed by atoms with Crippen molar-refractivity contribution in [2.45, 2.75) is 50.4 Å². The predicted octanol–water partition coefficient (Wildman–Crippen LogP) is 2.13. The van der Waals surface area contributed by atoms with Crippen LogP contribution in [-0.2, 0) is 6.42 Å². The summed E-state index contributed by atoms with van der Waals surface area (Å²) in [6, 6.07) is 8.33. The normalized spacial score (nSPS) is 33.4. The highest BCUT2D eigenvalue weighted by molar-refractivity contribution is 5.35. The smallest absolute Gasteiger partial charge is 0.0950 e. The monoisotopic (exact) mass is 275 g/mol. The number of rotatable bonds is 3. The lowest BCUT2D eigenvalue weighted by molar-refractivity contribution is 0.0195. The zero-order valence-corrected chi connectivity index (χ0v) is 12.2. The summed E-state index contributed by atoms with van der Waals surface area (Å²) in [5, 5.41) is 20.6. The van der Waals surface area contributed by atoms with Gasteiger partial charge in [-0.2, -0.15) is 0 Å². The van der Waals surface area contributed by atoms with Gasteiger partial charge in [0.25, 0.3) is 0 Å². The quantitative estimate of drug-likeness (QED) is 0.888. The van der Waals surface area contributed by atoms with Gasteiger partial charge in [-0.15, -0.1) is 0 Å². The van der Waals surface area contributed by atoms with E-state index in [4.69, 9.17) is 0 Å². The van der Waals surface area contributed by atoms with Gasteiger partial charge in [0, 0.05) is 12.6 Å². The van der Waals surface area contributed by atoms with Gasteiger partial charge in [-0.25, -0.2) is 0 Å². The van der Waals surface area contributed by atoms with Crippen molar-refractivity contribution in [3.05, 3.63) is 35.4 Å². The molecule has 3 heteroatoms. The fourth-order valence-corrected chi connectivity index (χ4v) is 3.86. The van der Waals surface area contributed by atoms with Crippen LogP contribution < -0.4 is 0 Å². The average molecular weight is 275 g/mol. The molecule has 1 aromatic rings. The van der Waals surface area contributed by atoms with Crippen LogP contribution in [0.25, 0.3) is 0 Å². The van der Waals surface area contributed by atoms with E-state index < -0.39 is 6.10 Å². The Labute approximate surface area is 121 Å². The lowest BCUT2D eigenvalue weighted by Crippen LogP contribution is -2.42. The summed E-state index contributed by atoms with van der Waals surface area (Å²) >= 11 is 0. The van der Waals surface area contributed by atoms with E-state index in [9.17, 15) is 10.2 Å². The number of hydrogen-bond acceptors (Lipinski definition) is 3. The van der Waals surface area contributed by atoms with Crippen molar-refractivity contribution in [2.75, 3.05) is 13.6 Å². The van der Waals surface area contributed by atoms with Crippen molar-refractivity contribution in [3.8, 4) is 0 Å². The fraction of sp³-hybridized carbons (Fsp3) is 0.647. The number of hydrogen-bond donors (Lipinski definition) is 2. The first-order valence-electron chi connectivity index (χ1n) is 7.81. The van der Waals surface area contributed by atoms with Gasteiger partial charge in [0.15, 0.2) is 0 Å². The van der Waals surface area contributed by atoms with Crippen molar-refractivity contribution in [1.82, 2.24) is 4.90 Å². The highest BCUT2D eigenvalue weighted by atomic mass is 16.3. The second-order valence-electron chi connectivity index (χ2n) is 6.47. The molecule has 2 aliphatic carbocycles.